The third kappa shape index (κ3) is 7.08. The maximum atomic E-state index is 13.3. The predicted molar refractivity (Wildman–Crippen MR) is 128 cm³/mol. The molecule has 0 saturated carbocycles. The number of hydrogen-bond donors (Lipinski definition) is 2. The first-order valence-corrected chi connectivity index (χ1v) is 11.5. The van der Waals surface area contributed by atoms with Crippen LogP contribution in [0.1, 0.15) is 51.4 Å². The minimum absolute atomic E-state index is 0.00910. The minimum atomic E-state index is -0.351. The van der Waals surface area contributed by atoms with E-state index in [1.807, 2.05) is 39.5 Å². The largest absolute Gasteiger partial charge is 0.491 e. The molecule has 1 aliphatic rings. The van der Waals surface area contributed by atoms with Crippen LogP contribution in [0.15, 0.2) is 18.2 Å². The van der Waals surface area contributed by atoms with E-state index in [1.165, 1.54) is 0 Å². The molecule has 0 fully saturated rings. The number of rotatable bonds is 4. The van der Waals surface area contributed by atoms with Gasteiger partial charge in [-0.25, -0.2) is 4.79 Å². The number of nitrogens with one attached hydrogen (secondary N) is 2. The zero-order chi connectivity index (χ0) is 24.7. The van der Waals surface area contributed by atoms with Crippen molar-refractivity contribution in [2.24, 2.45) is 5.92 Å². The highest BCUT2D eigenvalue weighted by atomic mass is 16.5. The van der Waals surface area contributed by atoms with Gasteiger partial charge in [0, 0.05) is 51.3 Å². The molecule has 0 spiro atoms. The second-order valence-electron chi connectivity index (χ2n) is 8.96. The third-order valence-electron chi connectivity index (χ3n) is 5.75. The van der Waals surface area contributed by atoms with Gasteiger partial charge in [-0.05, 0) is 39.0 Å². The number of hydrogen-bond acceptors (Lipinski definition) is 5. The number of ether oxygens (including phenoxy) is 2. The molecular weight excluding hydrogens is 424 g/mol. The summed E-state index contributed by atoms with van der Waals surface area (Å²) in [6, 6.07) is 4.42. The van der Waals surface area contributed by atoms with E-state index in [-0.39, 0.29) is 48.6 Å². The average molecular weight is 463 g/mol. The highest BCUT2D eigenvalue weighted by Crippen LogP contribution is 2.26. The molecule has 184 valence electrons. The molecule has 0 radical (unpaired) electrons. The average Bonchev–Trinajstić information content (AvgIpc) is 2.77. The van der Waals surface area contributed by atoms with Gasteiger partial charge in [-0.1, -0.05) is 13.8 Å². The molecule has 4 amide bonds. The van der Waals surface area contributed by atoms with Gasteiger partial charge in [-0.3, -0.25) is 9.59 Å². The fraction of sp³-hybridized carbons (Fsp3) is 0.625. The van der Waals surface area contributed by atoms with Crippen LogP contribution in [0.2, 0.25) is 0 Å². The number of benzene rings is 1. The highest BCUT2D eigenvalue weighted by Gasteiger charge is 2.30. The lowest BCUT2D eigenvalue weighted by molar-refractivity contribution is -0.135. The molecule has 0 unspecified atom stereocenters. The molecule has 0 saturated heterocycles. The van der Waals surface area contributed by atoms with E-state index in [1.54, 1.807) is 37.3 Å². The summed E-state index contributed by atoms with van der Waals surface area (Å²) in [7, 11) is 3.33. The number of anilines is 1. The van der Waals surface area contributed by atoms with Crippen LogP contribution in [-0.4, -0.2) is 79.7 Å². The van der Waals surface area contributed by atoms with Gasteiger partial charge < -0.3 is 29.9 Å². The lowest BCUT2D eigenvalue weighted by atomic mass is 10.0. The van der Waals surface area contributed by atoms with Crippen molar-refractivity contribution in [2.75, 3.05) is 39.2 Å². The van der Waals surface area contributed by atoms with Crippen molar-refractivity contribution < 1.29 is 23.9 Å². The Kier molecular flexibility index (Phi) is 9.52. The van der Waals surface area contributed by atoms with Gasteiger partial charge >= 0.3 is 6.03 Å². The van der Waals surface area contributed by atoms with Crippen LogP contribution in [0.4, 0.5) is 10.5 Å². The summed E-state index contributed by atoms with van der Waals surface area (Å²) in [5, 5.41) is 5.52. The van der Waals surface area contributed by atoms with E-state index in [0.717, 1.165) is 0 Å². The Hall–Kier alpha value is -2.81. The first kappa shape index (κ1) is 26.4. The van der Waals surface area contributed by atoms with Crippen molar-refractivity contribution in [3.05, 3.63) is 23.8 Å². The van der Waals surface area contributed by atoms with Gasteiger partial charge in [0.15, 0.2) is 0 Å². The summed E-state index contributed by atoms with van der Waals surface area (Å²) >= 11 is 0. The quantitative estimate of drug-likeness (QED) is 0.717. The maximum absolute atomic E-state index is 13.3. The van der Waals surface area contributed by atoms with Crippen LogP contribution in [0.5, 0.6) is 5.75 Å². The molecule has 0 bridgehead atoms. The molecule has 2 rings (SSSR count). The summed E-state index contributed by atoms with van der Waals surface area (Å²) < 4.78 is 11.7. The van der Waals surface area contributed by atoms with Crippen LogP contribution < -0.4 is 15.4 Å². The Labute approximate surface area is 196 Å². The Morgan fingerprint density at radius 2 is 1.94 bits per heavy atom. The standard InChI is InChI=1S/C24H38N4O5/c1-8-22(29)28-12-16(4)21(32-7)13-27(6)23(30)19-11-18(26-24(31)25-15(2)3)9-10-20(19)33-14-17(28)5/h9-11,15-17,21H,8,12-14H2,1-7H3,(H2,25,26,31)/t16-,17+,21+/m1/s1. The fourth-order valence-corrected chi connectivity index (χ4v) is 3.83. The SMILES string of the molecule is CCC(=O)N1C[C@@H](C)[C@@H](OC)CN(C)C(=O)c2cc(NC(=O)NC(C)C)ccc2OC[C@@H]1C. The Balaban J connectivity index is 2.41. The van der Waals surface area contributed by atoms with Crippen molar-refractivity contribution in [1.29, 1.82) is 0 Å². The number of urea groups is 1. The summed E-state index contributed by atoms with van der Waals surface area (Å²) in [6.07, 6.45) is 0.150. The Morgan fingerprint density at radius 3 is 2.55 bits per heavy atom. The van der Waals surface area contributed by atoms with Gasteiger partial charge in [0.2, 0.25) is 5.91 Å². The van der Waals surface area contributed by atoms with Crippen molar-refractivity contribution in [2.45, 2.75) is 59.2 Å². The molecule has 1 aliphatic heterocycles. The van der Waals surface area contributed by atoms with Crippen LogP contribution >= 0.6 is 0 Å². The van der Waals surface area contributed by atoms with E-state index >= 15 is 0 Å². The summed E-state index contributed by atoms with van der Waals surface area (Å²) in [5.74, 6) is 0.224. The molecular formula is C24H38N4O5. The van der Waals surface area contributed by atoms with Gasteiger partial charge in [0.25, 0.3) is 5.91 Å². The lowest BCUT2D eigenvalue weighted by Gasteiger charge is -2.36. The number of amides is 4. The van der Waals surface area contributed by atoms with E-state index in [4.69, 9.17) is 9.47 Å². The fourth-order valence-electron chi connectivity index (χ4n) is 3.83. The first-order valence-electron chi connectivity index (χ1n) is 11.5. The minimum Gasteiger partial charge on any atom is -0.491 e. The summed E-state index contributed by atoms with van der Waals surface area (Å²) in [4.78, 5) is 41.5. The number of nitrogens with zero attached hydrogens (tertiary/aromatic N) is 2. The molecule has 2 N–H and O–H groups in total. The van der Waals surface area contributed by atoms with Gasteiger partial charge in [-0.2, -0.15) is 0 Å². The number of methoxy groups -OCH3 is 1. The van der Waals surface area contributed by atoms with Crippen LogP contribution in [0.25, 0.3) is 0 Å². The third-order valence-corrected chi connectivity index (χ3v) is 5.75. The normalized spacial score (nSPS) is 22.1. The van der Waals surface area contributed by atoms with Crippen molar-refractivity contribution in [1.82, 2.24) is 15.1 Å². The molecule has 0 aromatic heterocycles. The van der Waals surface area contributed by atoms with Gasteiger partial charge in [-0.15, -0.1) is 0 Å². The van der Waals surface area contributed by atoms with E-state index in [0.29, 0.717) is 36.5 Å². The van der Waals surface area contributed by atoms with E-state index in [9.17, 15) is 14.4 Å². The van der Waals surface area contributed by atoms with Crippen LogP contribution in [0, 0.1) is 5.92 Å². The molecule has 1 aromatic rings. The van der Waals surface area contributed by atoms with Crippen LogP contribution in [-0.2, 0) is 9.53 Å². The van der Waals surface area contributed by atoms with Crippen molar-refractivity contribution in [3.8, 4) is 5.75 Å². The number of carbonyl (C=O) groups is 3. The second kappa shape index (κ2) is 11.9. The molecule has 0 aliphatic carbocycles. The number of fused-ring (bicyclic) bond motifs is 1. The molecule has 3 atom stereocenters. The lowest BCUT2D eigenvalue weighted by Crippen LogP contribution is -2.48. The van der Waals surface area contributed by atoms with Crippen molar-refractivity contribution >= 4 is 23.5 Å². The summed E-state index contributed by atoms with van der Waals surface area (Å²) in [5.41, 5.74) is 0.820. The smallest absolute Gasteiger partial charge is 0.319 e. The van der Waals surface area contributed by atoms with Crippen LogP contribution in [0.3, 0.4) is 0 Å². The second-order valence-corrected chi connectivity index (χ2v) is 8.96. The zero-order valence-corrected chi connectivity index (χ0v) is 20.8. The monoisotopic (exact) mass is 462 g/mol. The van der Waals surface area contributed by atoms with E-state index < -0.39 is 0 Å². The first-order chi connectivity index (χ1) is 15.6. The molecule has 1 aromatic carbocycles. The molecule has 9 nitrogen and oxygen atoms in total. The summed E-state index contributed by atoms with van der Waals surface area (Å²) in [6.45, 7) is 10.6. The number of likely N-dealkylation sites (N-methyl/N-ethyl adjacent to an activating group) is 1. The zero-order valence-electron chi connectivity index (χ0n) is 20.8. The van der Waals surface area contributed by atoms with Gasteiger partial charge in [0.05, 0.1) is 17.7 Å². The number of carbonyl (C=O) groups excluding carboxylic acids is 3. The molecule has 1 heterocycles. The highest BCUT2D eigenvalue weighted by molar-refractivity contribution is 5.99. The maximum Gasteiger partial charge on any atom is 0.319 e. The predicted octanol–water partition coefficient (Wildman–Crippen LogP) is 2.96. The Bertz CT molecular complexity index is 844. The molecule has 33 heavy (non-hydrogen) atoms. The Morgan fingerprint density at radius 1 is 1.24 bits per heavy atom. The van der Waals surface area contributed by atoms with Crippen molar-refractivity contribution in [3.63, 3.8) is 0 Å². The molecule has 9 heteroatoms. The van der Waals surface area contributed by atoms with E-state index in [2.05, 4.69) is 10.6 Å². The topological polar surface area (TPSA) is 100 Å². The van der Waals surface area contributed by atoms with Gasteiger partial charge in [0.1, 0.15) is 12.4 Å².